The van der Waals surface area contributed by atoms with Crippen molar-refractivity contribution in [3.63, 3.8) is 0 Å². The third kappa shape index (κ3) is 4.83. The molecule has 2 aromatic carbocycles. The molecule has 3 aliphatic heterocycles. The second-order valence-corrected chi connectivity index (χ2v) is 13.7. The monoisotopic (exact) mass is 646 g/mol. The predicted octanol–water partition coefficient (Wildman–Crippen LogP) is 3.02. The average Bonchev–Trinajstić information content (AvgIpc) is 3.76. The number of fused-ring (bicyclic) bond motifs is 2. The highest BCUT2D eigenvalue weighted by Crippen LogP contribution is 2.46. The zero-order chi connectivity index (χ0) is 32.7. The third-order valence-corrected chi connectivity index (χ3v) is 10.4. The lowest BCUT2D eigenvalue weighted by molar-refractivity contribution is -0.136. The van der Waals surface area contributed by atoms with Gasteiger partial charge in [-0.1, -0.05) is 6.07 Å². The molecule has 1 atom stereocenters. The molecule has 2 saturated heterocycles. The number of imide groups is 2. The normalized spacial score (nSPS) is 24.1. The second-order valence-electron chi connectivity index (χ2n) is 13.7. The molecule has 0 bridgehead atoms. The molecule has 5 aliphatic rings. The van der Waals surface area contributed by atoms with Crippen molar-refractivity contribution in [3.05, 3.63) is 65.6 Å². The molecule has 9 rings (SSSR count). The molecule has 4 amide bonds. The molecule has 13 nitrogen and oxygen atoms in total. The van der Waals surface area contributed by atoms with Crippen molar-refractivity contribution in [2.24, 2.45) is 5.92 Å². The number of piperidine rings is 1. The number of rotatable bonds is 8. The van der Waals surface area contributed by atoms with Gasteiger partial charge in [-0.25, -0.2) is 4.98 Å². The van der Waals surface area contributed by atoms with Crippen LogP contribution in [0.3, 0.4) is 0 Å². The maximum atomic E-state index is 13.2. The number of hydrogen-bond acceptors (Lipinski definition) is 10. The molecule has 244 valence electrons. The first-order valence-corrected chi connectivity index (χ1v) is 16.7. The number of aromatic nitrogens is 4. The number of nitrogens with one attached hydrogen (secondary N) is 2. The number of β-amino-alcohol motifs (C(OH)–C–C–N with tert-alkyl or cyclic N) is 1. The summed E-state index contributed by atoms with van der Waals surface area (Å²) in [6.07, 6.45) is 8.08. The summed E-state index contributed by atoms with van der Waals surface area (Å²) in [6, 6.07) is 10.4. The van der Waals surface area contributed by atoms with E-state index in [0.29, 0.717) is 31.5 Å². The first kappa shape index (κ1) is 29.0. The third-order valence-electron chi connectivity index (χ3n) is 10.4. The minimum absolute atomic E-state index is 0.0883. The van der Waals surface area contributed by atoms with Gasteiger partial charge in [-0.05, 0) is 68.4 Å². The number of aliphatic hydroxyl groups is 1. The van der Waals surface area contributed by atoms with Crippen LogP contribution in [-0.4, -0.2) is 85.2 Å². The highest BCUT2D eigenvalue weighted by Gasteiger charge is 2.45. The number of amides is 4. The predicted molar refractivity (Wildman–Crippen MR) is 174 cm³/mol. The lowest BCUT2D eigenvalue weighted by Crippen LogP contribution is -2.54. The highest BCUT2D eigenvalue weighted by molar-refractivity contribution is 6.23. The summed E-state index contributed by atoms with van der Waals surface area (Å²) < 4.78 is 2.10. The molecule has 4 aromatic rings. The Morgan fingerprint density at radius 2 is 1.77 bits per heavy atom. The summed E-state index contributed by atoms with van der Waals surface area (Å²) in [5.74, 6) is -1.16. The van der Waals surface area contributed by atoms with Gasteiger partial charge in [0.15, 0.2) is 0 Å². The minimum atomic E-state index is -0.978. The summed E-state index contributed by atoms with van der Waals surface area (Å²) in [6.45, 7) is 1.93. The standard InChI is InChI=1S/C35H34N8O5/c44-22-15-41(16-22)28-3-1-2-26-32(28)37-14-27(38-26)25-17-42(40-31(25)19-4-5-19)21-10-18(11-21)13-36-20-6-7-23-24(12-20)35(48)43(34(23)47)29-8-9-30(45)39-33(29)46/h1-3,6-7,12,14,17-19,21-22,29,36,44H,4-5,8-11,13,15-16H2,(H,39,45,46). The summed E-state index contributed by atoms with van der Waals surface area (Å²) in [7, 11) is 0. The fraction of sp³-hybridized carbons (Fsp3) is 0.400. The van der Waals surface area contributed by atoms with Gasteiger partial charge in [-0.2, -0.15) is 5.10 Å². The van der Waals surface area contributed by atoms with Crippen LogP contribution in [0.1, 0.15) is 76.9 Å². The number of aliphatic hydroxyl groups excluding tert-OH is 1. The fourth-order valence-corrected chi connectivity index (χ4v) is 7.44. The molecule has 0 radical (unpaired) electrons. The summed E-state index contributed by atoms with van der Waals surface area (Å²) >= 11 is 0. The van der Waals surface area contributed by atoms with Gasteiger partial charge in [0.05, 0.1) is 52.1 Å². The Labute approximate surface area is 275 Å². The van der Waals surface area contributed by atoms with Gasteiger partial charge in [-0.3, -0.25) is 39.1 Å². The largest absolute Gasteiger partial charge is 0.389 e. The van der Waals surface area contributed by atoms with Gasteiger partial charge < -0.3 is 15.3 Å². The molecule has 1 unspecified atom stereocenters. The Hall–Kier alpha value is -5.17. The van der Waals surface area contributed by atoms with Crippen LogP contribution < -0.4 is 15.5 Å². The van der Waals surface area contributed by atoms with Gasteiger partial charge in [0.2, 0.25) is 11.8 Å². The Bertz CT molecular complexity index is 2030. The van der Waals surface area contributed by atoms with Gasteiger partial charge in [0.1, 0.15) is 11.6 Å². The van der Waals surface area contributed by atoms with E-state index in [4.69, 9.17) is 15.1 Å². The quantitative estimate of drug-likeness (QED) is 0.243. The van der Waals surface area contributed by atoms with Crippen molar-refractivity contribution in [2.45, 2.75) is 62.6 Å². The summed E-state index contributed by atoms with van der Waals surface area (Å²) in [5, 5.41) is 20.5. The Kier molecular flexibility index (Phi) is 6.61. The van der Waals surface area contributed by atoms with E-state index in [2.05, 4.69) is 26.4 Å². The van der Waals surface area contributed by atoms with E-state index in [1.165, 1.54) is 0 Å². The van der Waals surface area contributed by atoms with Crippen molar-refractivity contribution in [2.75, 3.05) is 29.9 Å². The van der Waals surface area contributed by atoms with Crippen LogP contribution in [0.2, 0.25) is 0 Å². The Morgan fingerprint density at radius 3 is 2.54 bits per heavy atom. The van der Waals surface area contributed by atoms with Gasteiger partial charge in [0, 0.05) is 49.4 Å². The van der Waals surface area contributed by atoms with E-state index >= 15 is 0 Å². The molecule has 5 heterocycles. The van der Waals surface area contributed by atoms with Crippen LogP contribution in [-0.2, 0) is 9.59 Å². The fourth-order valence-electron chi connectivity index (χ4n) is 7.44. The van der Waals surface area contributed by atoms with Gasteiger partial charge in [0.25, 0.3) is 11.8 Å². The minimum Gasteiger partial charge on any atom is -0.389 e. The van der Waals surface area contributed by atoms with Crippen LogP contribution in [0.15, 0.2) is 48.8 Å². The van der Waals surface area contributed by atoms with Crippen molar-refractivity contribution in [1.29, 1.82) is 0 Å². The number of anilines is 2. The van der Waals surface area contributed by atoms with E-state index in [-0.39, 0.29) is 36.1 Å². The van der Waals surface area contributed by atoms with E-state index in [0.717, 1.165) is 69.9 Å². The first-order valence-electron chi connectivity index (χ1n) is 16.7. The van der Waals surface area contributed by atoms with Crippen LogP contribution >= 0.6 is 0 Å². The SMILES string of the molecule is O=C1CCC(N2C(=O)c3ccc(NCC4CC(n5cc(-c6cnc7c(N8CC(O)C8)cccc7n6)c(C6CC6)n5)C4)cc3C2=O)C(=O)N1. The molecule has 3 N–H and O–H groups in total. The van der Waals surface area contributed by atoms with Gasteiger partial charge in [-0.15, -0.1) is 0 Å². The molecule has 13 heteroatoms. The number of benzene rings is 2. The summed E-state index contributed by atoms with van der Waals surface area (Å²) in [5.41, 5.74) is 6.92. The van der Waals surface area contributed by atoms with Crippen LogP contribution in [0.25, 0.3) is 22.3 Å². The maximum absolute atomic E-state index is 13.2. The molecular weight excluding hydrogens is 612 g/mol. The highest BCUT2D eigenvalue weighted by atomic mass is 16.3. The van der Waals surface area contributed by atoms with E-state index in [1.54, 1.807) is 18.2 Å². The van der Waals surface area contributed by atoms with Crippen molar-refractivity contribution in [1.82, 2.24) is 30.0 Å². The van der Waals surface area contributed by atoms with Crippen LogP contribution in [0, 0.1) is 5.92 Å². The molecule has 48 heavy (non-hydrogen) atoms. The number of nitrogens with zero attached hydrogens (tertiary/aromatic N) is 6. The summed E-state index contributed by atoms with van der Waals surface area (Å²) in [4.78, 5) is 63.1. The molecule has 0 spiro atoms. The van der Waals surface area contributed by atoms with Crippen LogP contribution in [0.4, 0.5) is 11.4 Å². The van der Waals surface area contributed by atoms with Crippen molar-refractivity contribution in [3.8, 4) is 11.3 Å². The zero-order valence-electron chi connectivity index (χ0n) is 26.1. The lowest BCUT2D eigenvalue weighted by atomic mass is 9.80. The van der Waals surface area contributed by atoms with Crippen LogP contribution in [0.5, 0.6) is 0 Å². The zero-order valence-corrected chi connectivity index (χ0v) is 26.1. The Morgan fingerprint density at radius 1 is 0.958 bits per heavy atom. The number of hydrogen-bond donors (Lipinski definition) is 3. The number of carbonyl (C=O) groups is 4. The van der Waals surface area contributed by atoms with E-state index in [9.17, 15) is 24.3 Å². The smallest absolute Gasteiger partial charge is 0.262 e. The number of carbonyl (C=O) groups excluding carboxylic acids is 4. The first-order chi connectivity index (χ1) is 23.3. The van der Waals surface area contributed by atoms with Gasteiger partial charge >= 0.3 is 0 Å². The molecule has 4 fully saturated rings. The van der Waals surface area contributed by atoms with Crippen molar-refractivity contribution >= 4 is 46.0 Å². The lowest BCUT2D eigenvalue weighted by Gasteiger charge is -2.38. The molecule has 2 aromatic heterocycles. The van der Waals surface area contributed by atoms with E-state index < -0.39 is 29.7 Å². The molecule has 2 saturated carbocycles. The molecule has 2 aliphatic carbocycles. The topological polar surface area (TPSA) is 163 Å². The maximum Gasteiger partial charge on any atom is 0.262 e. The Balaban J connectivity index is 0.861. The van der Waals surface area contributed by atoms with E-state index in [1.807, 2.05) is 24.4 Å². The average molecular weight is 647 g/mol. The second kappa shape index (κ2) is 10.9. The molecular formula is C35H34N8O5. The van der Waals surface area contributed by atoms with Crippen molar-refractivity contribution < 1.29 is 24.3 Å². The number of para-hydroxylation sites is 1.